The molecule has 1 atom stereocenters. The average Bonchev–Trinajstić information content (AvgIpc) is 2.29. The number of hydrogen-bond donors (Lipinski definition) is 0. The van der Waals surface area contributed by atoms with Gasteiger partial charge in [-0.15, -0.1) is 0 Å². The molecule has 0 bridgehead atoms. The molecule has 1 fully saturated rings. The Balaban J connectivity index is 2.24. The molecule has 1 aliphatic heterocycles. The minimum atomic E-state index is 0.0715. The Labute approximate surface area is 108 Å². The lowest BCUT2D eigenvalue weighted by Crippen LogP contribution is -2.42. The number of hydrogen-bond acceptors (Lipinski definition) is 1. The maximum absolute atomic E-state index is 12.4. The van der Waals surface area contributed by atoms with E-state index in [0.717, 1.165) is 24.9 Å². The fourth-order valence-corrected chi connectivity index (χ4v) is 2.66. The van der Waals surface area contributed by atoms with E-state index in [-0.39, 0.29) is 5.91 Å². The van der Waals surface area contributed by atoms with E-state index >= 15 is 0 Å². The molecule has 0 N–H and O–H groups in total. The minimum absolute atomic E-state index is 0.0715. The van der Waals surface area contributed by atoms with Crippen molar-refractivity contribution in [2.24, 2.45) is 0 Å². The molecule has 2 nitrogen and oxygen atoms in total. The van der Waals surface area contributed by atoms with Gasteiger partial charge in [0, 0.05) is 12.6 Å². The van der Waals surface area contributed by atoms with E-state index in [1.165, 1.54) is 6.42 Å². The molecule has 1 aromatic carbocycles. The molecular formula is C14H18ClNO. The Morgan fingerprint density at radius 1 is 1.41 bits per heavy atom. The summed E-state index contributed by atoms with van der Waals surface area (Å²) in [4.78, 5) is 14.3. The molecule has 0 spiro atoms. The summed E-state index contributed by atoms with van der Waals surface area (Å²) < 4.78 is 0. The summed E-state index contributed by atoms with van der Waals surface area (Å²) in [6.07, 6.45) is 3.40. The molecule has 1 heterocycles. The van der Waals surface area contributed by atoms with Crippen molar-refractivity contribution >= 4 is 17.5 Å². The molecule has 1 unspecified atom stereocenters. The van der Waals surface area contributed by atoms with Gasteiger partial charge in [0.25, 0.3) is 5.91 Å². The van der Waals surface area contributed by atoms with Gasteiger partial charge in [-0.3, -0.25) is 4.79 Å². The fourth-order valence-electron chi connectivity index (χ4n) is 2.35. The standard InChI is InChI=1S/C14H18ClNO/c1-10-6-7-12(13(15)9-10)14(17)16-8-4-3-5-11(16)2/h6-7,9,11H,3-5,8H2,1-2H3. The van der Waals surface area contributed by atoms with Crippen molar-refractivity contribution in [1.29, 1.82) is 0 Å². The second kappa shape index (κ2) is 5.09. The summed E-state index contributed by atoms with van der Waals surface area (Å²) in [5.74, 6) is 0.0715. The highest BCUT2D eigenvalue weighted by Gasteiger charge is 2.25. The fraction of sp³-hybridized carbons (Fsp3) is 0.500. The van der Waals surface area contributed by atoms with Gasteiger partial charge in [0.05, 0.1) is 10.6 Å². The summed E-state index contributed by atoms with van der Waals surface area (Å²) in [7, 11) is 0. The number of likely N-dealkylation sites (tertiary alicyclic amines) is 1. The first-order valence-electron chi connectivity index (χ1n) is 6.16. The lowest BCUT2D eigenvalue weighted by atomic mass is 10.0. The van der Waals surface area contributed by atoms with Crippen LogP contribution in [0.2, 0.25) is 5.02 Å². The Morgan fingerprint density at radius 2 is 2.18 bits per heavy atom. The number of rotatable bonds is 1. The highest BCUT2D eigenvalue weighted by molar-refractivity contribution is 6.33. The number of carbonyl (C=O) groups is 1. The van der Waals surface area contributed by atoms with Gasteiger partial charge in [-0.2, -0.15) is 0 Å². The van der Waals surface area contributed by atoms with Gasteiger partial charge < -0.3 is 4.90 Å². The topological polar surface area (TPSA) is 20.3 Å². The molecule has 1 amide bonds. The molecule has 0 radical (unpaired) electrons. The molecule has 1 aromatic rings. The molecule has 17 heavy (non-hydrogen) atoms. The lowest BCUT2D eigenvalue weighted by molar-refractivity contribution is 0.0636. The van der Waals surface area contributed by atoms with Crippen LogP contribution in [0.25, 0.3) is 0 Å². The predicted molar refractivity (Wildman–Crippen MR) is 70.5 cm³/mol. The zero-order chi connectivity index (χ0) is 12.4. The third-order valence-corrected chi connectivity index (χ3v) is 3.73. The van der Waals surface area contributed by atoms with E-state index in [0.29, 0.717) is 16.6 Å². The van der Waals surface area contributed by atoms with Crippen LogP contribution in [-0.4, -0.2) is 23.4 Å². The predicted octanol–water partition coefficient (Wildman–Crippen LogP) is 3.66. The number of nitrogens with zero attached hydrogens (tertiary/aromatic N) is 1. The third kappa shape index (κ3) is 2.63. The number of piperidine rings is 1. The molecule has 0 saturated carbocycles. The van der Waals surface area contributed by atoms with Gasteiger partial charge in [0.2, 0.25) is 0 Å². The number of carbonyl (C=O) groups excluding carboxylic acids is 1. The molecule has 1 aliphatic rings. The maximum atomic E-state index is 12.4. The van der Waals surface area contributed by atoms with E-state index in [2.05, 4.69) is 6.92 Å². The number of halogens is 1. The maximum Gasteiger partial charge on any atom is 0.255 e. The van der Waals surface area contributed by atoms with E-state index < -0.39 is 0 Å². The van der Waals surface area contributed by atoms with Crippen molar-refractivity contribution in [2.75, 3.05) is 6.54 Å². The van der Waals surface area contributed by atoms with Crippen LogP contribution in [0.5, 0.6) is 0 Å². The van der Waals surface area contributed by atoms with Gasteiger partial charge in [-0.25, -0.2) is 0 Å². The van der Waals surface area contributed by atoms with Gasteiger partial charge in [0.1, 0.15) is 0 Å². The highest BCUT2D eigenvalue weighted by atomic mass is 35.5. The minimum Gasteiger partial charge on any atom is -0.336 e. The van der Waals surface area contributed by atoms with Crippen LogP contribution in [0, 0.1) is 6.92 Å². The molecule has 2 rings (SSSR count). The van der Waals surface area contributed by atoms with Crippen LogP contribution in [0.4, 0.5) is 0 Å². The summed E-state index contributed by atoms with van der Waals surface area (Å²) in [5, 5.41) is 0.563. The normalized spacial score (nSPS) is 20.4. The first-order valence-corrected chi connectivity index (χ1v) is 6.54. The molecule has 0 aromatic heterocycles. The largest absolute Gasteiger partial charge is 0.336 e. The summed E-state index contributed by atoms with van der Waals surface area (Å²) in [6, 6.07) is 5.95. The van der Waals surface area contributed by atoms with Gasteiger partial charge in [-0.1, -0.05) is 17.7 Å². The van der Waals surface area contributed by atoms with Crippen LogP contribution in [0.1, 0.15) is 42.1 Å². The SMILES string of the molecule is Cc1ccc(C(=O)N2CCCCC2C)c(Cl)c1. The van der Waals surface area contributed by atoms with Crippen LogP contribution in [0.3, 0.4) is 0 Å². The number of aryl methyl sites for hydroxylation is 1. The Morgan fingerprint density at radius 3 is 2.82 bits per heavy atom. The smallest absolute Gasteiger partial charge is 0.255 e. The van der Waals surface area contributed by atoms with Crippen LogP contribution >= 0.6 is 11.6 Å². The summed E-state index contributed by atoms with van der Waals surface area (Å²) in [5.41, 5.74) is 1.71. The summed E-state index contributed by atoms with van der Waals surface area (Å²) >= 11 is 6.14. The molecule has 1 saturated heterocycles. The molecule has 0 aliphatic carbocycles. The van der Waals surface area contributed by atoms with E-state index in [1.54, 1.807) is 0 Å². The third-order valence-electron chi connectivity index (χ3n) is 3.42. The monoisotopic (exact) mass is 251 g/mol. The van der Waals surface area contributed by atoms with Crippen molar-refractivity contribution in [2.45, 2.75) is 39.2 Å². The summed E-state index contributed by atoms with van der Waals surface area (Å²) in [6.45, 7) is 4.94. The van der Waals surface area contributed by atoms with E-state index in [4.69, 9.17) is 11.6 Å². The second-order valence-corrected chi connectivity index (χ2v) is 5.23. The van der Waals surface area contributed by atoms with Crippen LogP contribution in [-0.2, 0) is 0 Å². The van der Waals surface area contributed by atoms with Crippen molar-refractivity contribution in [1.82, 2.24) is 4.90 Å². The van der Waals surface area contributed by atoms with Gasteiger partial charge in [-0.05, 0) is 50.8 Å². The van der Waals surface area contributed by atoms with Gasteiger partial charge >= 0.3 is 0 Å². The van der Waals surface area contributed by atoms with Crippen molar-refractivity contribution in [3.05, 3.63) is 34.3 Å². The first-order chi connectivity index (χ1) is 8.09. The van der Waals surface area contributed by atoms with Crippen molar-refractivity contribution in [3.8, 4) is 0 Å². The zero-order valence-electron chi connectivity index (χ0n) is 10.4. The first kappa shape index (κ1) is 12.4. The van der Waals surface area contributed by atoms with Crippen LogP contribution < -0.4 is 0 Å². The Hall–Kier alpha value is -1.02. The molecule has 3 heteroatoms. The number of amides is 1. The highest BCUT2D eigenvalue weighted by Crippen LogP contribution is 2.23. The van der Waals surface area contributed by atoms with Gasteiger partial charge in [0.15, 0.2) is 0 Å². The Bertz CT molecular complexity index is 430. The quantitative estimate of drug-likeness (QED) is 0.746. The van der Waals surface area contributed by atoms with E-state index in [1.807, 2.05) is 30.0 Å². The van der Waals surface area contributed by atoms with Crippen LogP contribution in [0.15, 0.2) is 18.2 Å². The van der Waals surface area contributed by atoms with E-state index in [9.17, 15) is 4.79 Å². The lowest BCUT2D eigenvalue weighted by Gasteiger charge is -2.33. The van der Waals surface area contributed by atoms with Crippen molar-refractivity contribution < 1.29 is 4.79 Å². The molecule has 92 valence electrons. The average molecular weight is 252 g/mol. The zero-order valence-corrected chi connectivity index (χ0v) is 11.1. The number of benzene rings is 1. The second-order valence-electron chi connectivity index (χ2n) is 4.83. The van der Waals surface area contributed by atoms with Crippen molar-refractivity contribution in [3.63, 3.8) is 0 Å². The Kier molecular flexibility index (Phi) is 3.72. The molecular weight excluding hydrogens is 234 g/mol.